The Hall–Kier alpha value is -3.94. The third-order valence-corrected chi connectivity index (χ3v) is 5.20. The fourth-order valence-corrected chi connectivity index (χ4v) is 3.64. The van der Waals surface area contributed by atoms with Gasteiger partial charge in [-0.3, -0.25) is 0 Å². The number of nitrogens with zero attached hydrogens (tertiary/aromatic N) is 3. The van der Waals surface area contributed by atoms with Crippen molar-refractivity contribution in [2.45, 2.75) is 39.8 Å². The van der Waals surface area contributed by atoms with E-state index in [1.54, 1.807) is 6.20 Å². The zero-order valence-corrected chi connectivity index (χ0v) is 19.5. The number of hydrogen-bond acceptors (Lipinski definition) is 7. The summed E-state index contributed by atoms with van der Waals surface area (Å²) in [6.07, 6.45) is 3.17. The molecule has 0 saturated carbocycles. The molecule has 1 atom stereocenters. The molecule has 2 aromatic heterocycles. The summed E-state index contributed by atoms with van der Waals surface area (Å²) in [4.78, 5) is 26.0. The third kappa shape index (κ3) is 5.70. The highest BCUT2D eigenvalue weighted by Gasteiger charge is 2.22. The number of nitrogens with one attached hydrogen (secondary N) is 1. The Labute approximate surface area is 198 Å². The molecule has 1 amide bonds. The molecule has 34 heavy (non-hydrogen) atoms. The van der Waals surface area contributed by atoms with Crippen LogP contribution in [-0.4, -0.2) is 27.7 Å². The van der Waals surface area contributed by atoms with E-state index >= 15 is 0 Å². The number of fused-ring (bicyclic) bond motifs is 1. The number of hydrogen-bond donors (Lipinski definition) is 1. The number of oxazole rings is 1. The molecule has 1 unspecified atom stereocenters. The Morgan fingerprint density at radius 1 is 1.12 bits per heavy atom. The van der Waals surface area contributed by atoms with Crippen LogP contribution in [0.5, 0.6) is 5.88 Å². The first-order chi connectivity index (χ1) is 16.5. The minimum Gasteiger partial charge on any atom is -0.477 e. The zero-order valence-electron chi connectivity index (χ0n) is 19.5. The normalized spacial score (nSPS) is 12.0. The molecule has 0 saturated heterocycles. The summed E-state index contributed by atoms with van der Waals surface area (Å²) in [6.45, 7) is 6.70. The minimum atomic E-state index is -0.517. The molecular formula is C26H28N4O4. The van der Waals surface area contributed by atoms with E-state index in [1.807, 2.05) is 55.5 Å². The third-order valence-electron chi connectivity index (χ3n) is 5.20. The Balaban J connectivity index is 1.61. The number of carbonyl (C=O) groups is 1. The quantitative estimate of drug-likeness (QED) is 0.342. The van der Waals surface area contributed by atoms with Crippen molar-refractivity contribution < 1.29 is 18.7 Å². The molecule has 2 heterocycles. The molecule has 8 heteroatoms. The lowest BCUT2D eigenvalue weighted by molar-refractivity contribution is 0.133. The van der Waals surface area contributed by atoms with Crippen LogP contribution >= 0.6 is 0 Å². The molecule has 176 valence electrons. The summed E-state index contributed by atoms with van der Waals surface area (Å²) < 4.78 is 16.7. The van der Waals surface area contributed by atoms with Crippen molar-refractivity contribution in [3.63, 3.8) is 0 Å². The van der Waals surface area contributed by atoms with Crippen molar-refractivity contribution in [2.75, 3.05) is 6.61 Å². The lowest BCUT2D eigenvalue weighted by Gasteiger charge is -2.20. The van der Waals surface area contributed by atoms with Gasteiger partial charge in [0.05, 0.1) is 29.7 Å². The molecule has 2 aromatic carbocycles. The highest BCUT2D eigenvalue weighted by Crippen LogP contribution is 2.31. The monoisotopic (exact) mass is 460 g/mol. The highest BCUT2D eigenvalue weighted by atomic mass is 16.5. The number of carbonyl (C=O) groups excluding carboxylic acids is 1. The van der Waals surface area contributed by atoms with Gasteiger partial charge in [0.1, 0.15) is 6.61 Å². The van der Waals surface area contributed by atoms with Crippen molar-refractivity contribution in [1.82, 2.24) is 20.3 Å². The van der Waals surface area contributed by atoms with Crippen LogP contribution in [0.1, 0.15) is 44.6 Å². The van der Waals surface area contributed by atoms with Gasteiger partial charge in [0.2, 0.25) is 5.88 Å². The van der Waals surface area contributed by atoms with Crippen LogP contribution in [0.25, 0.3) is 22.2 Å². The number of amides is 1. The van der Waals surface area contributed by atoms with Crippen molar-refractivity contribution in [3.8, 4) is 17.2 Å². The smallest absolute Gasteiger partial charge is 0.408 e. The molecule has 0 aliphatic rings. The van der Waals surface area contributed by atoms with E-state index in [0.29, 0.717) is 41.9 Å². The maximum absolute atomic E-state index is 12.6. The number of alkyl carbamates (subject to hydrolysis) is 1. The van der Waals surface area contributed by atoms with Crippen LogP contribution in [0.15, 0.2) is 65.5 Å². The molecule has 0 fully saturated rings. The molecule has 0 aliphatic heterocycles. The fraction of sp³-hybridized carbons (Fsp3) is 0.308. The van der Waals surface area contributed by atoms with Crippen LogP contribution < -0.4 is 10.1 Å². The van der Waals surface area contributed by atoms with E-state index in [2.05, 4.69) is 29.1 Å². The average Bonchev–Trinajstić information content (AvgIpc) is 3.38. The van der Waals surface area contributed by atoms with Gasteiger partial charge in [0.15, 0.2) is 18.0 Å². The predicted octanol–water partition coefficient (Wildman–Crippen LogP) is 5.70. The summed E-state index contributed by atoms with van der Waals surface area (Å²) in [5.74, 6) is 1.88. The van der Waals surface area contributed by atoms with E-state index < -0.39 is 12.1 Å². The van der Waals surface area contributed by atoms with Gasteiger partial charge >= 0.3 is 6.09 Å². The van der Waals surface area contributed by atoms with Gasteiger partial charge in [-0.2, -0.15) is 4.98 Å². The Kier molecular flexibility index (Phi) is 7.37. The average molecular weight is 461 g/mol. The Bertz CT molecular complexity index is 1230. The first kappa shape index (κ1) is 23.2. The second kappa shape index (κ2) is 10.8. The van der Waals surface area contributed by atoms with E-state index in [-0.39, 0.29) is 6.61 Å². The highest BCUT2D eigenvalue weighted by molar-refractivity contribution is 5.87. The van der Waals surface area contributed by atoms with Crippen LogP contribution in [-0.2, 0) is 11.3 Å². The summed E-state index contributed by atoms with van der Waals surface area (Å²) in [6, 6.07) is 14.8. The van der Waals surface area contributed by atoms with Crippen molar-refractivity contribution in [3.05, 3.63) is 72.5 Å². The standard InChI is InChI=1S/C26H28N4O4/c1-4-32-25-20-13-19(23-14-27-16-34-23)10-11-21(20)28-24(30-25)22(12-17(2)3)29-26(31)33-15-18-8-6-5-7-9-18/h5-11,13-14,16-17,22H,4,12,15H2,1-3H3,(H,29,31). The first-order valence-corrected chi connectivity index (χ1v) is 11.3. The summed E-state index contributed by atoms with van der Waals surface area (Å²) >= 11 is 0. The molecule has 4 aromatic rings. The summed E-state index contributed by atoms with van der Waals surface area (Å²) in [5.41, 5.74) is 2.48. The number of rotatable bonds is 9. The molecular weight excluding hydrogens is 432 g/mol. The second-order valence-corrected chi connectivity index (χ2v) is 8.31. The first-order valence-electron chi connectivity index (χ1n) is 11.3. The maximum atomic E-state index is 12.6. The van der Waals surface area contributed by atoms with Gasteiger partial charge in [-0.1, -0.05) is 44.2 Å². The van der Waals surface area contributed by atoms with Crippen LogP contribution in [0, 0.1) is 5.92 Å². The van der Waals surface area contributed by atoms with E-state index in [1.165, 1.54) is 6.39 Å². The van der Waals surface area contributed by atoms with Gasteiger partial charge < -0.3 is 19.2 Å². The number of ether oxygens (including phenoxy) is 2. The van der Waals surface area contributed by atoms with Gasteiger partial charge in [-0.05, 0) is 43.0 Å². The predicted molar refractivity (Wildman–Crippen MR) is 128 cm³/mol. The fourth-order valence-electron chi connectivity index (χ4n) is 3.64. The number of benzene rings is 2. The SMILES string of the molecule is CCOc1nc(C(CC(C)C)NC(=O)OCc2ccccc2)nc2ccc(-c3cnco3)cc12. The molecule has 0 aliphatic carbocycles. The van der Waals surface area contributed by atoms with Crippen molar-refractivity contribution in [2.24, 2.45) is 5.92 Å². The molecule has 1 N–H and O–H groups in total. The molecule has 4 rings (SSSR count). The van der Waals surface area contributed by atoms with Gasteiger partial charge in [-0.25, -0.2) is 14.8 Å². The lowest BCUT2D eigenvalue weighted by atomic mass is 10.0. The van der Waals surface area contributed by atoms with Gasteiger partial charge in [-0.15, -0.1) is 0 Å². The van der Waals surface area contributed by atoms with E-state index in [4.69, 9.17) is 18.9 Å². The largest absolute Gasteiger partial charge is 0.477 e. The van der Waals surface area contributed by atoms with Crippen LogP contribution in [0.4, 0.5) is 4.79 Å². The summed E-state index contributed by atoms with van der Waals surface area (Å²) in [7, 11) is 0. The minimum absolute atomic E-state index is 0.189. The number of aromatic nitrogens is 3. The van der Waals surface area contributed by atoms with Gasteiger partial charge in [0.25, 0.3) is 0 Å². The summed E-state index contributed by atoms with van der Waals surface area (Å²) in [5, 5.41) is 3.70. The zero-order chi connectivity index (χ0) is 23.9. The second-order valence-electron chi connectivity index (χ2n) is 8.31. The maximum Gasteiger partial charge on any atom is 0.408 e. The molecule has 8 nitrogen and oxygen atoms in total. The van der Waals surface area contributed by atoms with E-state index in [9.17, 15) is 4.79 Å². The molecule has 0 radical (unpaired) electrons. The van der Waals surface area contributed by atoms with Crippen molar-refractivity contribution >= 4 is 17.0 Å². The van der Waals surface area contributed by atoms with E-state index in [0.717, 1.165) is 16.5 Å². The van der Waals surface area contributed by atoms with Gasteiger partial charge in [0, 0.05) is 5.56 Å². The molecule has 0 bridgehead atoms. The molecule has 0 spiro atoms. The Morgan fingerprint density at radius 3 is 2.65 bits per heavy atom. The van der Waals surface area contributed by atoms with Crippen LogP contribution in [0.2, 0.25) is 0 Å². The van der Waals surface area contributed by atoms with Crippen LogP contribution in [0.3, 0.4) is 0 Å². The van der Waals surface area contributed by atoms with Crippen molar-refractivity contribution in [1.29, 1.82) is 0 Å². The Morgan fingerprint density at radius 2 is 1.94 bits per heavy atom. The lowest BCUT2D eigenvalue weighted by Crippen LogP contribution is -2.31. The topological polar surface area (TPSA) is 99.4 Å².